The molecule has 0 aromatic carbocycles. The summed E-state index contributed by atoms with van der Waals surface area (Å²) in [6.07, 6.45) is -22.9. The van der Waals surface area contributed by atoms with Crippen LogP contribution in [0.1, 0.15) is 19.3 Å². The summed E-state index contributed by atoms with van der Waals surface area (Å²) in [7, 11) is 0. The van der Waals surface area contributed by atoms with Crippen molar-refractivity contribution in [3.8, 4) is 0 Å². The molecular weight excluding hydrogens is 746 g/mol. The van der Waals surface area contributed by atoms with Crippen LogP contribution < -0.4 is 0 Å². The maximum Gasteiger partial charge on any atom is 0.460 e. The summed E-state index contributed by atoms with van der Waals surface area (Å²) in [6.45, 7) is 0. The number of halogens is 26. The molecule has 0 saturated carbocycles. The zero-order valence-electron chi connectivity index (χ0n) is 21.1. The number of allylic oxidation sites excluding steroid dienone is 6. The van der Waals surface area contributed by atoms with Crippen molar-refractivity contribution in [2.24, 2.45) is 0 Å². The van der Waals surface area contributed by atoms with Gasteiger partial charge in [-0.25, -0.2) is 0 Å². The fourth-order valence-corrected chi connectivity index (χ4v) is 3.96. The molecule has 0 radical (unpaired) electrons. The van der Waals surface area contributed by atoms with E-state index in [9.17, 15) is 114 Å². The van der Waals surface area contributed by atoms with E-state index in [1.54, 1.807) is 0 Å². The van der Waals surface area contributed by atoms with Crippen LogP contribution in [0.2, 0.25) is 0 Å². The van der Waals surface area contributed by atoms with Crippen molar-refractivity contribution < 1.29 is 114 Å². The van der Waals surface area contributed by atoms with Gasteiger partial charge < -0.3 is 0 Å². The normalized spacial score (nSPS) is 19.2. The molecule has 0 nitrogen and oxygen atoms in total. The van der Waals surface area contributed by atoms with Crippen LogP contribution in [0.25, 0.3) is 0 Å². The van der Waals surface area contributed by atoms with Crippen molar-refractivity contribution in [2.45, 2.75) is 90.8 Å². The molecule has 274 valence electrons. The number of fused-ring (bicyclic) bond motifs is 1. The molecule has 2 aliphatic carbocycles. The van der Waals surface area contributed by atoms with E-state index in [1.165, 1.54) is 0 Å². The van der Waals surface area contributed by atoms with Gasteiger partial charge in [0.1, 0.15) is 0 Å². The smallest absolute Gasteiger partial charge is 0.194 e. The number of hydrogen-bond acceptors (Lipinski definition) is 0. The number of alkyl halides is 26. The lowest BCUT2D eigenvalue weighted by atomic mass is 9.81. The summed E-state index contributed by atoms with van der Waals surface area (Å²) in [5.74, 6) is -80.6. The molecule has 0 bridgehead atoms. The number of rotatable bonds is 10. The lowest BCUT2D eigenvalue weighted by molar-refractivity contribution is -0.437. The number of hydrogen-bond donors (Lipinski definition) is 0. The second-order valence-corrected chi connectivity index (χ2v) is 9.73. The Morgan fingerprint density at radius 1 is 0.362 bits per heavy atom. The third-order valence-electron chi connectivity index (χ3n) is 6.86. The predicted octanol–water partition coefficient (Wildman–Crippen LogP) is 10.8. The Bertz CT molecular complexity index is 1330. The van der Waals surface area contributed by atoms with Crippen molar-refractivity contribution >= 4 is 0 Å². The van der Waals surface area contributed by atoms with E-state index in [4.69, 9.17) is 0 Å². The van der Waals surface area contributed by atoms with E-state index in [-0.39, 0.29) is 6.08 Å². The molecule has 0 aliphatic heterocycles. The van der Waals surface area contributed by atoms with Crippen molar-refractivity contribution in [1.29, 1.82) is 0 Å². The van der Waals surface area contributed by atoms with Gasteiger partial charge >= 0.3 is 71.6 Å². The topological polar surface area (TPSA) is 0 Å². The molecular formula is C21H8F26. The summed E-state index contributed by atoms with van der Waals surface area (Å²) in [6, 6.07) is 0. The van der Waals surface area contributed by atoms with Gasteiger partial charge in [0.25, 0.3) is 0 Å². The van der Waals surface area contributed by atoms with Crippen molar-refractivity contribution in [2.75, 3.05) is 0 Å². The minimum atomic E-state index is -8.44. The second kappa shape index (κ2) is 10.5. The van der Waals surface area contributed by atoms with Crippen molar-refractivity contribution in [1.82, 2.24) is 0 Å². The largest absolute Gasteiger partial charge is 0.460 e. The van der Waals surface area contributed by atoms with Gasteiger partial charge in [-0.2, -0.15) is 114 Å². The van der Waals surface area contributed by atoms with Crippen LogP contribution in [0.5, 0.6) is 0 Å². The Morgan fingerprint density at radius 2 is 0.681 bits per heavy atom. The second-order valence-electron chi connectivity index (χ2n) is 9.73. The molecule has 0 amide bonds. The standard InChI is InChI=1S/C21H8F26/c22-10(23,12(26,27)14(30,31)16(34,35)18(38,39)20(42,43)44)7-2-4-9(8-3-1-6(8)5-7)11(24,25)13(28,29)15(32,33)17(36,37)19(40,41)21(45,46)47/h1,5H,2-4H2. The molecule has 0 fully saturated rings. The molecule has 26 heteroatoms. The lowest BCUT2D eigenvalue weighted by Gasteiger charge is -2.41. The monoisotopic (exact) mass is 754 g/mol. The Labute approximate surface area is 240 Å². The average Bonchev–Trinajstić information content (AvgIpc) is 2.97. The maximum absolute atomic E-state index is 14.7. The van der Waals surface area contributed by atoms with Gasteiger partial charge in [-0.3, -0.25) is 0 Å². The van der Waals surface area contributed by atoms with E-state index in [2.05, 4.69) is 0 Å². The highest BCUT2D eigenvalue weighted by Gasteiger charge is 2.92. The summed E-state index contributed by atoms with van der Waals surface area (Å²) in [4.78, 5) is 0. The molecule has 0 heterocycles. The maximum atomic E-state index is 14.7. The first-order valence-corrected chi connectivity index (χ1v) is 11.2. The molecule has 0 spiro atoms. The van der Waals surface area contributed by atoms with E-state index in [0.29, 0.717) is 0 Å². The molecule has 0 saturated heterocycles. The van der Waals surface area contributed by atoms with Crippen LogP contribution in [0.15, 0.2) is 34.4 Å². The van der Waals surface area contributed by atoms with E-state index < -0.39 is 119 Å². The van der Waals surface area contributed by atoms with Crippen LogP contribution in [0, 0.1) is 0 Å². The SMILES string of the molecule is FC(F)(F)C(F)(F)C(F)(F)C(F)(F)C(F)(F)C(F)(F)C1=CC2=CCC2=C(C(F)(F)C(F)(F)C(F)(F)C(F)(F)C(F)(F)C(F)(F)F)CC1. The van der Waals surface area contributed by atoms with Crippen LogP contribution in [-0.2, 0) is 0 Å². The van der Waals surface area contributed by atoms with Crippen LogP contribution in [-0.4, -0.2) is 71.6 Å². The van der Waals surface area contributed by atoms with Gasteiger partial charge in [-0.1, -0.05) is 6.08 Å². The third-order valence-corrected chi connectivity index (χ3v) is 6.86. The molecule has 2 rings (SSSR count). The Morgan fingerprint density at radius 3 is 0.979 bits per heavy atom. The molecule has 0 aromatic rings. The summed E-state index contributed by atoms with van der Waals surface area (Å²) in [5.41, 5.74) is -9.25. The average molecular weight is 754 g/mol. The minimum absolute atomic E-state index is 0.151. The summed E-state index contributed by atoms with van der Waals surface area (Å²) in [5, 5.41) is 0. The Kier molecular flexibility index (Phi) is 9.02. The summed E-state index contributed by atoms with van der Waals surface area (Å²) < 4.78 is 351. The van der Waals surface area contributed by atoms with E-state index in [0.717, 1.165) is 0 Å². The van der Waals surface area contributed by atoms with Gasteiger partial charge in [-0.15, -0.1) is 0 Å². The highest BCUT2D eigenvalue weighted by atomic mass is 19.4. The van der Waals surface area contributed by atoms with Gasteiger partial charge in [0, 0.05) is 11.1 Å². The predicted molar refractivity (Wildman–Crippen MR) is 98.6 cm³/mol. The molecule has 2 aliphatic rings. The molecule has 0 atom stereocenters. The first-order chi connectivity index (χ1) is 20.2. The van der Waals surface area contributed by atoms with Gasteiger partial charge in [0.2, 0.25) is 0 Å². The molecule has 0 aromatic heterocycles. The minimum Gasteiger partial charge on any atom is -0.194 e. The Hall–Kier alpha value is -2.60. The molecule has 0 N–H and O–H groups in total. The summed E-state index contributed by atoms with van der Waals surface area (Å²) >= 11 is 0. The van der Waals surface area contributed by atoms with Crippen molar-refractivity contribution in [3.63, 3.8) is 0 Å². The third kappa shape index (κ3) is 5.05. The Balaban J connectivity index is 2.63. The molecule has 47 heavy (non-hydrogen) atoms. The fourth-order valence-electron chi connectivity index (χ4n) is 3.96. The van der Waals surface area contributed by atoms with Gasteiger partial charge in [0.15, 0.2) is 0 Å². The first kappa shape index (κ1) is 40.6. The first-order valence-electron chi connectivity index (χ1n) is 11.2. The van der Waals surface area contributed by atoms with Gasteiger partial charge in [0.05, 0.1) is 0 Å². The van der Waals surface area contributed by atoms with E-state index in [1.807, 2.05) is 0 Å². The lowest BCUT2D eigenvalue weighted by Crippen LogP contribution is -2.70. The zero-order chi connectivity index (χ0) is 37.8. The van der Waals surface area contributed by atoms with Crippen LogP contribution in [0.4, 0.5) is 114 Å². The highest BCUT2D eigenvalue weighted by molar-refractivity contribution is 5.57. The molecule has 0 unspecified atom stereocenters. The van der Waals surface area contributed by atoms with Gasteiger partial charge in [-0.05, 0) is 36.5 Å². The van der Waals surface area contributed by atoms with E-state index >= 15 is 0 Å². The van der Waals surface area contributed by atoms with Crippen molar-refractivity contribution in [3.05, 3.63) is 34.4 Å². The quantitative estimate of drug-likeness (QED) is 0.195. The van der Waals surface area contributed by atoms with Crippen LogP contribution in [0.3, 0.4) is 0 Å². The van der Waals surface area contributed by atoms with Crippen LogP contribution >= 0.6 is 0 Å². The zero-order valence-corrected chi connectivity index (χ0v) is 21.1. The fraction of sp³-hybridized carbons (Fsp3) is 0.714. The highest BCUT2D eigenvalue weighted by Crippen LogP contribution is 2.65.